The molecule has 0 aliphatic heterocycles. The summed E-state index contributed by atoms with van der Waals surface area (Å²) in [7, 11) is 0. The summed E-state index contributed by atoms with van der Waals surface area (Å²) >= 11 is 0. The van der Waals surface area contributed by atoms with Gasteiger partial charge in [-0.15, -0.1) is 0 Å². The number of anilines is 6. The zero-order valence-corrected chi connectivity index (χ0v) is 48.1. The summed E-state index contributed by atoms with van der Waals surface area (Å²) in [5.74, 6) is -2.84. The molecule has 3 aliphatic rings. The Labute approximate surface area is 504 Å². The molecule has 0 spiro atoms. The normalized spacial score (nSPS) is 15.5. The van der Waals surface area contributed by atoms with E-state index in [2.05, 4.69) is 186 Å². The van der Waals surface area contributed by atoms with Crippen LogP contribution in [0.2, 0.25) is 0 Å². The minimum Gasteiger partial charge on any atom is -0.305 e. The summed E-state index contributed by atoms with van der Waals surface area (Å²) in [6.45, 7) is 14.4. The molecule has 87 heavy (non-hydrogen) atoms. The van der Waals surface area contributed by atoms with Crippen LogP contribution in [0.25, 0.3) is 56.7 Å². The fourth-order valence-corrected chi connectivity index (χ4v) is 14.6. The van der Waals surface area contributed by atoms with Gasteiger partial charge in [0.05, 0.1) is 16.5 Å². The largest absolute Gasteiger partial charge is 0.305 e. The van der Waals surface area contributed by atoms with Gasteiger partial charge in [0.2, 0.25) is 0 Å². The van der Waals surface area contributed by atoms with Gasteiger partial charge in [-0.3, -0.25) is 0 Å². The molecule has 0 bridgehead atoms. The summed E-state index contributed by atoms with van der Waals surface area (Å²) in [4.78, 5) is 3.39. The maximum Gasteiger partial charge on any atom is 0.150 e. The number of hydrogen-bond acceptors (Lipinski definition) is 2. The zero-order valence-electron chi connectivity index (χ0n) is 48.1. The first-order chi connectivity index (χ1) is 42.4. The van der Waals surface area contributed by atoms with Crippen LogP contribution >= 0.6 is 0 Å². The van der Waals surface area contributed by atoms with Gasteiger partial charge in [-0.25, -0.2) is 17.6 Å². The molecule has 6 heteroatoms. The van der Waals surface area contributed by atoms with E-state index >= 15 is 17.6 Å². The topological polar surface area (TPSA) is 6.48 Å². The van der Waals surface area contributed by atoms with Crippen molar-refractivity contribution in [3.05, 3.63) is 357 Å². The van der Waals surface area contributed by atoms with E-state index in [1.165, 1.54) is 36.4 Å². The third-order valence-corrected chi connectivity index (χ3v) is 18.4. The lowest BCUT2D eigenvalue weighted by atomic mass is 9.66. The van der Waals surface area contributed by atoms with Crippen LogP contribution in [0, 0.1) is 44.0 Å². The van der Waals surface area contributed by atoms with Crippen LogP contribution in [0.5, 0.6) is 0 Å². The molecule has 2 unspecified atom stereocenters. The number of para-hydroxylation sites is 2. The highest BCUT2D eigenvalue weighted by Gasteiger charge is 2.54. The standard InChI is InChI=1S/C81H56F4N2/c1-6-52-25-33-56(34-26-52)80(68-46-49(3)22-24-51(68)5)66-16-10-8-14-61(66)63-43-41-60(48-70(63)80)86(78-71(82)18-12-19-72(78)83)58-37-29-54(30-38-58)55-31-39-59(40-32-55)87(79-73(84)20-13-21-74(79)85)75-45-44-64-62-15-9-11-17-67(62)81(57-35-27-53(7-2)28-36-57)69-47-50(4)23-42-65(69)76(75)77(64)81/h6-48H,1-2H2,3-5H3. The minimum absolute atomic E-state index is 0.199. The molecule has 0 radical (unpaired) electrons. The Kier molecular flexibility index (Phi) is 12.4. The lowest BCUT2D eigenvalue weighted by Crippen LogP contribution is -2.30. The number of nitrogens with zero attached hydrogens (tertiary/aromatic N) is 2. The van der Waals surface area contributed by atoms with Crippen LogP contribution in [-0.2, 0) is 10.8 Å². The molecule has 2 atom stereocenters. The molecule has 0 fully saturated rings. The van der Waals surface area contributed by atoms with Gasteiger partial charge in [-0.1, -0.05) is 218 Å². The average Bonchev–Trinajstić information content (AvgIpc) is 1.51. The molecule has 12 aromatic carbocycles. The Morgan fingerprint density at radius 1 is 0.345 bits per heavy atom. The number of hydrogen-bond donors (Lipinski definition) is 0. The first kappa shape index (κ1) is 53.2. The van der Waals surface area contributed by atoms with E-state index in [-0.39, 0.29) is 11.4 Å². The van der Waals surface area contributed by atoms with Crippen molar-refractivity contribution < 1.29 is 17.6 Å². The maximum atomic E-state index is 16.7. The van der Waals surface area contributed by atoms with E-state index in [1.54, 1.807) is 9.80 Å². The lowest BCUT2D eigenvalue weighted by molar-refractivity contribution is 0.585. The molecule has 3 aliphatic carbocycles. The molecular formula is C81H56F4N2. The van der Waals surface area contributed by atoms with E-state index < -0.39 is 34.1 Å². The van der Waals surface area contributed by atoms with Gasteiger partial charge in [0.15, 0.2) is 0 Å². The summed E-state index contributed by atoms with van der Waals surface area (Å²) in [5.41, 5.74) is 22.1. The van der Waals surface area contributed by atoms with Gasteiger partial charge in [-0.2, -0.15) is 0 Å². The second kappa shape index (κ2) is 20.3. The predicted molar refractivity (Wildman–Crippen MR) is 349 cm³/mol. The van der Waals surface area contributed by atoms with Gasteiger partial charge in [-0.05, 0) is 188 Å². The summed E-state index contributed by atoms with van der Waals surface area (Å²) in [6, 6.07) is 80.7. The van der Waals surface area contributed by atoms with Crippen molar-refractivity contribution in [3.63, 3.8) is 0 Å². The quantitative estimate of drug-likeness (QED) is 0.113. The number of benzene rings is 12. The van der Waals surface area contributed by atoms with Gasteiger partial charge in [0.1, 0.15) is 34.6 Å². The Bertz CT molecular complexity index is 4770. The van der Waals surface area contributed by atoms with Gasteiger partial charge in [0, 0.05) is 22.6 Å². The highest BCUT2D eigenvalue weighted by atomic mass is 19.1. The molecule has 0 heterocycles. The average molecular weight is 1130 g/mol. The van der Waals surface area contributed by atoms with E-state index in [0.29, 0.717) is 22.7 Å². The molecule has 0 N–H and O–H groups in total. The van der Waals surface area contributed by atoms with E-state index in [4.69, 9.17) is 0 Å². The van der Waals surface area contributed by atoms with Crippen LogP contribution in [0.15, 0.2) is 262 Å². The van der Waals surface area contributed by atoms with Crippen LogP contribution < -0.4 is 9.80 Å². The van der Waals surface area contributed by atoms with Crippen LogP contribution in [0.1, 0.15) is 72.3 Å². The molecule has 0 aromatic heterocycles. The fraction of sp³-hybridized carbons (Fsp3) is 0.0617. The number of halogens is 4. The minimum atomic E-state index is -0.808. The first-order valence-corrected chi connectivity index (χ1v) is 29.3. The van der Waals surface area contributed by atoms with Crippen molar-refractivity contribution in [2.75, 3.05) is 9.80 Å². The summed E-state index contributed by atoms with van der Waals surface area (Å²) in [5, 5.41) is 0. The molecule has 12 aromatic rings. The van der Waals surface area contributed by atoms with Crippen molar-refractivity contribution >= 4 is 46.3 Å². The van der Waals surface area contributed by atoms with Crippen molar-refractivity contribution in [2.24, 2.45) is 0 Å². The highest BCUT2D eigenvalue weighted by molar-refractivity contribution is 6.05. The Balaban J connectivity index is 0.863. The smallest absolute Gasteiger partial charge is 0.150 e. The molecule has 15 rings (SSSR count). The first-order valence-electron chi connectivity index (χ1n) is 29.3. The molecule has 0 saturated heterocycles. The van der Waals surface area contributed by atoms with Gasteiger partial charge in [0.25, 0.3) is 0 Å². The number of rotatable bonds is 12. The summed E-state index contributed by atoms with van der Waals surface area (Å²) < 4.78 is 66.7. The molecule has 0 amide bonds. The zero-order chi connectivity index (χ0) is 59.5. The SMILES string of the molecule is C=Cc1ccc(C2(c3cc(C)ccc3C)c3ccccc3-c3ccc(N(c4ccc(-c5ccc(N(c6ccc7c8c6-c6ccc(C)cc6C8(c6ccc(C=C)cc6)c6ccccc6-7)c6c(F)cccc6F)cc5)cc4)c4c(F)cccc4F)cc32)cc1. The van der Waals surface area contributed by atoms with E-state index in [9.17, 15) is 0 Å². The van der Waals surface area contributed by atoms with Crippen LogP contribution in [0.3, 0.4) is 0 Å². The molecule has 0 saturated carbocycles. The van der Waals surface area contributed by atoms with Crippen LogP contribution in [-0.4, -0.2) is 0 Å². The van der Waals surface area contributed by atoms with Gasteiger partial charge < -0.3 is 9.80 Å². The molecular weight excluding hydrogens is 1080 g/mol. The van der Waals surface area contributed by atoms with Crippen molar-refractivity contribution in [3.8, 4) is 44.5 Å². The Morgan fingerprint density at radius 2 is 0.782 bits per heavy atom. The summed E-state index contributed by atoms with van der Waals surface area (Å²) in [6.07, 6.45) is 3.68. The lowest BCUT2D eigenvalue weighted by Gasteiger charge is -2.36. The Morgan fingerprint density at radius 3 is 1.36 bits per heavy atom. The maximum absolute atomic E-state index is 16.7. The highest BCUT2D eigenvalue weighted by Crippen LogP contribution is 2.67. The van der Waals surface area contributed by atoms with Crippen molar-refractivity contribution in [2.45, 2.75) is 31.6 Å². The predicted octanol–water partition coefficient (Wildman–Crippen LogP) is 21.8. The van der Waals surface area contributed by atoms with Crippen molar-refractivity contribution in [1.29, 1.82) is 0 Å². The molecule has 2 nitrogen and oxygen atoms in total. The fourth-order valence-electron chi connectivity index (χ4n) is 14.6. The number of fused-ring (bicyclic) bond motifs is 9. The second-order valence-electron chi connectivity index (χ2n) is 23.1. The van der Waals surface area contributed by atoms with Crippen molar-refractivity contribution in [1.82, 2.24) is 0 Å². The molecule has 418 valence electrons. The van der Waals surface area contributed by atoms with Gasteiger partial charge >= 0.3 is 0 Å². The van der Waals surface area contributed by atoms with E-state index in [0.717, 1.165) is 117 Å². The third-order valence-electron chi connectivity index (χ3n) is 18.4. The number of aryl methyl sites for hydroxylation is 3. The van der Waals surface area contributed by atoms with E-state index in [1.807, 2.05) is 72.8 Å². The van der Waals surface area contributed by atoms with Crippen LogP contribution in [0.4, 0.5) is 51.7 Å². The second-order valence-corrected chi connectivity index (χ2v) is 23.1. The Hall–Kier alpha value is -10.6. The monoisotopic (exact) mass is 1130 g/mol. The third kappa shape index (κ3) is 7.87.